The van der Waals surface area contributed by atoms with Crippen molar-refractivity contribution in [2.75, 3.05) is 6.54 Å². The minimum absolute atomic E-state index is 0.586. The summed E-state index contributed by atoms with van der Waals surface area (Å²) in [6.07, 6.45) is 5.37. The van der Waals surface area contributed by atoms with Crippen LogP contribution in [0.3, 0.4) is 0 Å². The topological polar surface area (TPSA) is 12.0 Å². The molecule has 0 aliphatic carbocycles. The van der Waals surface area contributed by atoms with Gasteiger partial charge in [-0.3, -0.25) is 0 Å². The molecule has 1 heteroatoms. The first kappa shape index (κ1) is 13.0. The normalized spacial score (nSPS) is 12.4. The highest BCUT2D eigenvalue weighted by molar-refractivity contribution is 5.22. The third-order valence-electron chi connectivity index (χ3n) is 2.79. The van der Waals surface area contributed by atoms with Crippen molar-refractivity contribution in [1.82, 2.24) is 5.32 Å². The molecule has 0 aliphatic rings. The van der Waals surface area contributed by atoms with E-state index in [2.05, 4.69) is 50.0 Å². The fraction of sp³-hybridized carbons (Fsp3) is 0.467. The smallest absolute Gasteiger partial charge is 0.00418 e. The summed E-state index contributed by atoms with van der Waals surface area (Å²) in [7, 11) is 0. The minimum Gasteiger partial charge on any atom is -0.314 e. The summed E-state index contributed by atoms with van der Waals surface area (Å²) < 4.78 is 0. The van der Waals surface area contributed by atoms with E-state index in [4.69, 9.17) is 0 Å². The molecule has 88 valence electrons. The van der Waals surface area contributed by atoms with Crippen LogP contribution in [-0.2, 0) is 6.42 Å². The summed E-state index contributed by atoms with van der Waals surface area (Å²) in [6, 6.07) is 9.32. The summed E-state index contributed by atoms with van der Waals surface area (Å²) >= 11 is 0. The van der Waals surface area contributed by atoms with Crippen LogP contribution in [0.2, 0.25) is 0 Å². The van der Waals surface area contributed by atoms with Crippen LogP contribution in [0, 0.1) is 6.92 Å². The molecule has 0 fully saturated rings. The molecule has 0 saturated heterocycles. The molecule has 0 spiro atoms. The van der Waals surface area contributed by atoms with Crippen molar-refractivity contribution in [1.29, 1.82) is 0 Å². The van der Waals surface area contributed by atoms with Crippen molar-refractivity contribution >= 4 is 0 Å². The molecule has 1 aromatic rings. The second kappa shape index (κ2) is 7.24. The fourth-order valence-corrected chi connectivity index (χ4v) is 1.80. The highest BCUT2D eigenvalue weighted by atomic mass is 14.9. The first-order valence-electron chi connectivity index (χ1n) is 6.12. The Hall–Kier alpha value is -1.08. The lowest BCUT2D eigenvalue weighted by Crippen LogP contribution is -2.27. The molecule has 0 bridgehead atoms. The Morgan fingerprint density at radius 3 is 2.94 bits per heavy atom. The molecular weight excluding hydrogens is 194 g/mol. The maximum Gasteiger partial charge on any atom is 0.00418 e. The Labute approximate surface area is 99.6 Å². The molecule has 16 heavy (non-hydrogen) atoms. The Morgan fingerprint density at radius 2 is 2.25 bits per heavy atom. The molecule has 1 nitrogen and oxygen atoms in total. The van der Waals surface area contributed by atoms with Gasteiger partial charge in [-0.2, -0.15) is 0 Å². The maximum absolute atomic E-state index is 3.74. The van der Waals surface area contributed by atoms with E-state index in [9.17, 15) is 0 Å². The van der Waals surface area contributed by atoms with Crippen molar-refractivity contribution in [2.24, 2.45) is 0 Å². The Bertz CT molecular complexity index is 317. The lowest BCUT2D eigenvalue weighted by molar-refractivity contribution is 0.521. The average Bonchev–Trinajstić information content (AvgIpc) is 2.26. The van der Waals surface area contributed by atoms with E-state index >= 15 is 0 Å². The van der Waals surface area contributed by atoms with Crippen molar-refractivity contribution in [3.05, 3.63) is 48.0 Å². The number of aryl methyl sites for hydroxylation is 1. The molecule has 1 atom stereocenters. The van der Waals surface area contributed by atoms with Crippen LogP contribution >= 0.6 is 0 Å². The van der Waals surface area contributed by atoms with Crippen LogP contribution in [0.4, 0.5) is 0 Å². The lowest BCUT2D eigenvalue weighted by Gasteiger charge is -2.12. The van der Waals surface area contributed by atoms with Crippen LogP contribution in [0.1, 0.15) is 30.9 Å². The van der Waals surface area contributed by atoms with Gasteiger partial charge in [0.05, 0.1) is 0 Å². The summed E-state index contributed by atoms with van der Waals surface area (Å²) in [4.78, 5) is 0. The molecular formula is C15H23N. The number of hydrogen-bond acceptors (Lipinski definition) is 1. The maximum atomic E-state index is 3.74. The van der Waals surface area contributed by atoms with E-state index in [0.29, 0.717) is 6.04 Å². The monoisotopic (exact) mass is 217 g/mol. The summed E-state index contributed by atoms with van der Waals surface area (Å²) in [5, 5.41) is 3.54. The zero-order valence-corrected chi connectivity index (χ0v) is 10.5. The van der Waals surface area contributed by atoms with Crippen LogP contribution in [0.15, 0.2) is 36.9 Å². The van der Waals surface area contributed by atoms with E-state index in [1.807, 2.05) is 6.08 Å². The second-order valence-corrected chi connectivity index (χ2v) is 4.46. The van der Waals surface area contributed by atoms with E-state index in [1.165, 1.54) is 17.5 Å². The lowest BCUT2D eigenvalue weighted by atomic mass is 10.1. The number of allylic oxidation sites excluding steroid dienone is 1. The largest absolute Gasteiger partial charge is 0.314 e. The van der Waals surface area contributed by atoms with Gasteiger partial charge in [0.15, 0.2) is 0 Å². The number of nitrogens with one attached hydrogen (secondary N) is 1. The summed E-state index contributed by atoms with van der Waals surface area (Å²) in [6.45, 7) is 9.18. The minimum atomic E-state index is 0.586. The Morgan fingerprint density at radius 1 is 1.44 bits per heavy atom. The van der Waals surface area contributed by atoms with Gasteiger partial charge in [-0.25, -0.2) is 0 Å². The van der Waals surface area contributed by atoms with Gasteiger partial charge in [0, 0.05) is 6.04 Å². The molecule has 1 aromatic carbocycles. The quantitative estimate of drug-likeness (QED) is 0.689. The van der Waals surface area contributed by atoms with E-state index in [-0.39, 0.29) is 0 Å². The van der Waals surface area contributed by atoms with Gasteiger partial charge in [0.25, 0.3) is 0 Å². The summed E-state index contributed by atoms with van der Waals surface area (Å²) in [5.41, 5.74) is 2.76. The predicted molar refractivity (Wildman–Crippen MR) is 71.8 cm³/mol. The molecule has 0 aromatic heterocycles. The van der Waals surface area contributed by atoms with Crippen molar-refractivity contribution < 1.29 is 0 Å². The first-order chi connectivity index (χ1) is 7.72. The van der Waals surface area contributed by atoms with Gasteiger partial charge in [-0.15, -0.1) is 6.58 Å². The molecule has 1 N–H and O–H groups in total. The zero-order valence-electron chi connectivity index (χ0n) is 10.5. The number of rotatable bonds is 7. The van der Waals surface area contributed by atoms with Crippen molar-refractivity contribution in [3.63, 3.8) is 0 Å². The SMILES string of the molecule is C=CCCC(C)NCCc1cccc(C)c1. The molecule has 0 heterocycles. The second-order valence-electron chi connectivity index (χ2n) is 4.46. The summed E-state index contributed by atoms with van der Waals surface area (Å²) in [5.74, 6) is 0. The van der Waals surface area contributed by atoms with Gasteiger partial charge >= 0.3 is 0 Å². The van der Waals surface area contributed by atoms with Crippen LogP contribution in [0.25, 0.3) is 0 Å². The number of benzene rings is 1. The molecule has 1 rings (SSSR count). The zero-order chi connectivity index (χ0) is 11.8. The molecule has 0 aliphatic heterocycles. The molecule has 0 amide bonds. The molecule has 1 unspecified atom stereocenters. The Balaban J connectivity index is 2.22. The van der Waals surface area contributed by atoms with Crippen molar-refractivity contribution in [2.45, 2.75) is 39.2 Å². The average molecular weight is 217 g/mol. The Kier molecular flexibility index (Phi) is 5.87. The van der Waals surface area contributed by atoms with Gasteiger partial charge in [-0.05, 0) is 45.2 Å². The predicted octanol–water partition coefficient (Wildman–Crippen LogP) is 3.48. The third kappa shape index (κ3) is 5.13. The first-order valence-corrected chi connectivity index (χ1v) is 6.12. The van der Waals surface area contributed by atoms with Gasteiger partial charge < -0.3 is 5.32 Å². The number of hydrogen-bond donors (Lipinski definition) is 1. The third-order valence-corrected chi connectivity index (χ3v) is 2.79. The van der Waals surface area contributed by atoms with Crippen molar-refractivity contribution in [3.8, 4) is 0 Å². The van der Waals surface area contributed by atoms with E-state index in [1.54, 1.807) is 0 Å². The van der Waals surface area contributed by atoms with Crippen LogP contribution < -0.4 is 5.32 Å². The van der Waals surface area contributed by atoms with E-state index in [0.717, 1.165) is 19.4 Å². The van der Waals surface area contributed by atoms with Gasteiger partial charge in [0.1, 0.15) is 0 Å². The fourth-order valence-electron chi connectivity index (χ4n) is 1.80. The highest BCUT2D eigenvalue weighted by Gasteiger charge is 1.99. The standard InChI is InChI=1S/C15H23N/c1-4-5-8-14(3)16-11-10-15-9-6-7-13(2)12-15/h4,6-7,9,12,14,16H,1,5,8,10-11H2,2-3H3. The van der Waals surface area contributed by atoms with E-state index < -0.39 is 0 Å². The van der Waals surface area contributed by atoms with Gasteiger partial charge in [-0.1, -0.05) is 35.9 Å². The molecule has 0 radical (unpaired) electrons. The van der Waals surface area contributed by atoms with Crippen LogP contribution in [-0.4, -0.2) is 12.6 Å². The van der Waals surface area contributed by atoms with Crippen LogP contribution in [0.5, 0.6) is 0 Å². The van der Waals surface area contributed by atoms with Gasteiger partial charge in [0.2, 0.25) is 0 Å². The molecule has 0 saturated carbocycles. The highest BCUT2D eigenvalue weighted by Crippen LogP contribution is 2.04.